The first-order valence-electron chi connectivity index (χ1n) is 8.02. The van der Waals surface area contributed by atoms with Crippen LogP contribution in [0, 0.1) is 0 Å². The molecule has 0 radical (unpaired) electrons. The Bertz CT molecular complexity index is 863. The summed E-state index contributed by atoms with van der Waals surface area (Å²) in [6, 6.07) is 9.38. The lowest BCUT2D eigenvalue weighted by Crippen LogP contribution is -2.32. The van der Waals surface area contributed by atoms with Gasteiger partial charge in [-0.15, -0.1) is 16.4 Å². The molecule has 1 unspecified atom stereocenters. The van der Waals surface area contributed by atoms with Crippen LogP contribution in [0.4, 0.5) is 0 Å². The maximum absolute atomic E-state index is 12.8. The highest BCUT2D eigenvalue weighted by atomic mass is 32.1. The summed E-state index contributed by atoms with van der Waals surface area (Å²) in [6.07, 6.45) is 2.31. The van der Waals surface area contributed by atoms with Crippen LogP contribution in [0.3, 0.4) is 0 Å². The predicted molar refractivity (Wildman–Crippen MR) is 93.5 cm³/mol. The number of hydrogen-bond acceptors (Lipinski definition) is 6. The van der Waals surface area contributed by atoms with E-state index in [0.29, 0.717) is 24.7 Å². The minimum atomic E-state index is -0.0642. The van der Waals surface area contributed by atoms with E-state index in [1.807, 2.05) is 23.6 Å². The molecule has 7 nitrogen and oxygen atoms in total. The second-order valence-electron chi connectivity index (χ2n) is 5.86. The van der Waals surface area contributed by atoms with Gasteiger partial charge in [0.05, 0.1) is 11.4 Å². The first-order valence-corrected chi connectivity index (χ1v) is 8.90. The van der Waals surface area contributed by atoms with Crippen LogP contribution in [-0.4, -0.2) is 50.0 Å². The number of rotatable bonds is 4. The average molecular weight is 355 g/mol. The first kappa shape index (κ1) is 15.8. The van der Waals surface area contributed by atoms with Gasteiger partial charge in [0.1, 0.15) is 17.5 Å². The van der Waals surface area contributed by atoms with Crippen molar-refractivity contribution in [2.24, 2.45) is 7.05 Å². The maximum Gasteiger partial charge on any atom is 0.272 e. The van der Waals surface area contributed by atoms with Crippen LogP contribution >= 0.6 is 11.3 Å². The summed E-state index contributed by atoms with van der Waals surface area (Å²) in [5.74, 6) is 0.463. The maximum atomic E-state index is 12.8. The number of hydrogen-bond donors (Lipinski definition) is 0. The number of likely N-dealkylation sites (tertiary alicyclic amines) is 1. The van der Waals surface area contributed by atoms with Crippen LogP contribution in [0.5, 0.6) is 5.88 Å². The monoisotopic (exact) mass is 355 g/mol. The highest BCUT2D eigenvalue weighted by molar-refractivity contribution is 7.13. The molecule has 3 aromatic rings. The van der Waals surface area contributed by atoms with Crippen LogP contribution in [0.25, 0.3) is 10.6 Å². The van der Waals surface area contributed by atoms with Gasteiger partial charge in [0.25, 0.3) is 5.91 Å². The van der Waals surface area contributed by atoms with Crippen molar-refractivity contribution >= 4 is 17.2 Å². The van der Waals surface area contributed by atoms with Gasteiger partial charge in [-0.2, -0.15) is 10.2 Å². The van der Waals surface area contributed by atoms with Gasteiger partial charge >= 0.3 is 0 Å². The van der Waals surface area contributed by atoms with E-state index in [2.05, 4.69) is 15.3 Å². The Kier molecular flexibility index (Phi) is 4.19. The van der Waals surface area contributed by atoms with Crippen molar-refractivity contribution in [1.82, 2.24) is 24.9 Å². The molecule has 128 valence electrons. The Morgan fingerprint density at radius 3 is 3.04 bits per heavy atom. The molecular weight excluding hydrogens is 338 g/mol. The van der Waals surface area contributed by atoms with Gasteiger partial charge in [-0.25, -0.2) is 0 Å². The fraction of sp³-hybridized carbons (Fsp3) is 0.294. The van der Waals surface area contributed by atoms with E-state index in [1.54, 1.807) is 46.3 Å². The summed E-state index contributed by atoms with van der Waals surface area (Å²) in [5.41, 5.74) is 1.41. The van der Waals surface area contributed by atoms with Crippen LogP contribution in [0.2, 0.25) is 0 Å². The van der Waals surface area contributed by atoms with Crippen molar-refractivity contribution < 1.29 is 9.53 Å². The molecule has 1 aliphatic heterocycles. The third-order valence-electron chi connectivity index (χ3n) is 4.14. The molecule has 0 aliphatic carbocycles. The van der Waals surface area contributed by atoms with E-state index in [1.165, 1.54) is 0 Å². The van der Waals surface area contributed by atoms with Crippen molar-refractivity contribution in [3.63, 3.8) is 0 Å². The van der Waals surface area contributed by atoms with Crippen molar-refractivity contribution in [1.29, 1.82) is 0 Å². The summed E-state index contributed by atoms with van der Waals surface area (Å²) in [4.78, 5) is 15.7. The van der Waals surface area contributed by atoms with Gasteiger partial charge in [-0.1, -0.05) is 6.07 Å². The predicted octanol–water partition coefficient (Wildman–Crippen LogP) is 2.23. The van der Waals surface area contributed by atoms with E-state index in [0.717, 1.165) is 17.0 Å². The molecule has 0 spiro atoms. The van der Waals surface area contributed by atoms with E-state index in [9.17, 15) is 4.79 Å². The molecule has 0 bridgehead atoms. The summed E-state index contributed by atoms with van der Waals surface area (Å²) in [5, 5.41) is 14.2. The summed E-state index contributed by atoms with van der Waals surface area (Å²) < 4.78 is 7.44. The molecule has 1 amide bonds. The Labute approximate surface area is 148 Å². The number of nitrogens with zero attached hydrogens (tertiary/aromatic N) is 5. The molecule has 1 atom stereocenters. The SMILES string of the molecule is Cn1nc(-c2cccs2)cc1C(=O)N1CCC(Oc2cccnn2)C1. The number of thiophene rings is 1. The second kappa shape index (κ2) is 6.64. The minimum Gasteiger partial charge on any atom is -0.471 e. The second-order valence-corrected chi connectivity index (χ2v) is 6.81. The normalized spacial score (nSPS) is 17.0. The van der Waals surface area contributed by atoms with Gasteiger partial charge in [-0.05, 0) is 23.6 Å². The third-order valence-corrected chi connectivity index (χ3v) is 5.03. The average Bonchev–Trinajstić information content (AvgIpc) is 3.35. The number of aromatic nitrogens is 4. The number of carbonyl (C=O) groups excluding carboxylic acids is 1. The van der Waals surface area contributed by atoms with Gasteiger partial charge < -0.3 is 9.64 Å². The summed E-state index contributed by atoms with van der Waals surface area (Å²) in [6.45, 7) is 1.19. The molecule has 4 heterocycles. The van der Waals surface area contributed by atoms with E-state index in [4.69, 9.17) is 4.74 Å². The lowest BCUT2D eigenvalue weighted by molar-refractivity contribution is 0.0760. The molecule has 1 aliphatic rings. The van der Waals surface area contributed by atoms with Gasteiger partial charge in [0.15, 0.2) is 0 Å². The van der Waals surface area contributed by atoms with Crippen molar-refractivity contribution in [3.8, 4) is 16.5 Å². The molecule has 1 fully saturated rings. The van der Waals surface area contributed by atoms with Gasteiger partial charge in [0.2, 0.25) is 5.88 Å². The van der Waals surface area contributed by atoms with Crippen LogP contribution in [-0.2, 0) is 7.05 Å². The molecule has 0 aromatic carbocycles. The molecule has 8 heteroatoms. The van der Waals surface area contributed by atoms with E-state index >= 15 is 0 Å². The molecule has 4 rings (SSSR count). The first-order chi connectivity index (χ1) is 12.2. The third kappa shape index (κ3) is 3.25. The van der Waals surface area contributed by atoms with E-state index in [-0.39, 0.29) is 12.0 Å². The quantitative estimate of drug-likeness (QED) is 0.718. The summed E-state index contributed by atoms with van der Waals surface area (Å²) >= 11 is 1.61. The Balaban J connectivity index is 1.45. The summed E-state index contributed by atoms with van der Waals surface area (Å²) in [7, 11) is 1.80. The highest BCUT2D eigenvalue weighted by Gasteiger charge is 2.30. The fourth-order valence-electron chi connectivity index (χ4n) is 2.90. The number of amides is 1. The smallest absolute Gasteiger partial charge is 0.272 e. The molecular formula is C17H17N5O2S. The number of aryl methyl sites for hydroxylation is 1. The Morgan fingerprint density at radius 1 is 1.36 bits per heavy atom. The fourth-order valence-corrected chi connectivity index (χ4v) is 3.59. The topological polar surface area (TPSA) is 73.1 Å². The zero-order valence-corrected chi connectivity index (χ0v) is 14.5. The van der Waals surface area contributed by atoms with Crippen molar-refractivity contribution in [2.45, 2.75) is 12.5 Å². The zero-order valence-electron chi connectivity index (χ0n) is 13.7. The highest BCUT2D eigenvalue weighted by Crippen LogP contribution is 2.25. The number of carbonyl (C=O) groups is 1. The van der Waals surface area contributed by atoms with Crippen LogP contribution in [0.1, 0.15) is 16.9 Å². The molecule has 1 saturated heterocycles. The van der Waals surface area contributed by atoms with Gasteiger partial charge in [-0.3, -0.25) is 9.48 Å². The van der Waals surface area contributed by atoms with Crippen LogP contribution in [0.15, 0.2) is 41.9 Å². The molecule has 0 saturated carbocycles. The minimum absolute atomic E-state index is 0.0250. The molecule has 0 N–H and O–H groups in total. The van der Waals surface area contributed by atoms with E-state index < -0.39 is 0 Å². The largest absolute Gasteiger partial charge is 0.471 e. The Hall–Kier alpha value is -2.74. The standard InChI is InChI=1S/C17H17N5O2S/c1-21-14(10-13(20-21)15-4-3-9-25-15)17(23)22-8-6-12(11-22)24-16-5-2-7-18-19-16/h2-5,7,9-10,12H,6,8,11H2,1H3. The van der Waals surface area contributed by atoms with Crippen molar-refractivity contribution in [3.05, 3.63) is 47.6 Å². The molecule has 3 aromatic heterocycles. The Morgan fingerprint density at radius 2 is 2.28 bits per heavy atom. The molecule has 25 heavy (non-hydrogen) atoms. The lowest BCUT2D eigenvalue weighted by Gasteiger charge is -2.16. The van der Waals surface area contributed by atoms with Crippen LogP contribution < -0.4 is 4.74 Å². The zero-order chi connectivity index (χ0) is 17.2. The lowest BCUT2D eigenvalue weighted by atomic mass is 10.3. The number of ether oxygens (including phenoxy) is 1. The van der Waals surface area contributed by atoms with Gasteiger partial charge in [0, 0.05) is 32.3 Å². The van der Waals surface area contributed by atoms with Crippen molar-refractivity contribution in [2.75, 3.05) is 13.1 Å².